The van der Waals surface area contributed by atoms with Crippen LogP contribution in [0.2, 0.25) is 0 Å². The minimum absolute atomic E-state index is 0.567. The molecule has 0 aliphatic carbocycles. The first-order chi connectivity index (χ1) is 9.10. The zero-order valence-electron chi connectivity index (χ0n) is 12.1. The van der Waals surface area contributed by atoms with Crippen molar-refractivity contribution in [2.75, 3.05) is 56.8 Å². The first-order valence-corrected chi connectivity index (χ1v) is 6.65. The smallest absolute Gasteiger partial charge is 0.231 e. The Morgan fingerprint density at radius 3 is 2.58 bits per heavy atom. The molecule has 2 N–H and O–H groups in total. The lowest BCUT2D eigenvalue weighted by Gasteiger charge is -2.20. The lowest BCUT2D eigenvalue weighted by molar-refractivity contribution is 0.322. The van der Waals surface area contributed by atoms with E-state index in [1.807, 2.05) is 26.0 Å². The number of nitrogens with zero attached hydrogens (tertiary/aromatic N) is 5. The topological polar surface area (TPSA) is 69.2 Å². The predicted molar refractivity (Wildman–Crippen MR) is 77.8 cm³/mol. The minimum atomic E-state index is 0.567. The molecule has 1 aromatic rings. The molecule has 0 saturated carbocycles. The third kappa shape index (κ3) is 3.44. The fourth-order valence-electron chi connectivity index (χ4n) is 2.20. The Balaban J connectivity index is 2.04. The van der Waals surface area contributed by atoms with Crippen molar-refractivity contribution in [2.45, 2.75) is 18.9 Å². The lowest BCUT2D eigenvalue weighted by atomic mass is 10.2. The van der Waals surface area contributed by atoms with Gasteiger partial charge in [-0.05, 0) is 26.4 Å². The van der Waals surface area contributed by atoms with Gasteiger partial charge in [-0.25, -0.2) is 0 Å². The summed E-state index contributed by atoms with van der Waals surface area (Å²) in [7, 11) is 7.81. The second-order valence-corrected chi connectivity index (χ2v) is 5.08. The van der Waals surface area contributed by atoms with Crippen LogP contribution in [0.25, 0.3) is 0 Å². The highest BCUT2D eigenvalue weighted by atomic mass is 15.3. The van der Waals surface area contributed by atoms with Gasteiger partial charge in [0.25, 0.3) is 0 Å². The van der Waals surface area contributed by atoms with Gasteiger partial charge in [-0.15, -0.1) is 0 Å². The standard InChI is InChI=1S/C12H23N7/c1-13-10-15-11(17-12(16-10)18(2)3)14-8-9-6-5-7-19(9)4/h9H,5-8H2,1-4H3,(H2,13,14,15,16,17). The minimum Gasteiger partial charge on any atom is -0.357 e. The Bertz CT molecular complexity index is 421. The van der Waals surface area contributed by atoms with E-state index < -0.39 is 0 Å². The quantitative estimate of drug-likeness (QED) is 0.802. The van der Waals surface area contributed by atoms with E-state index in [-0.39, 0.29) is 0 Å². The molecule has 2 heterocycles. The van der Waals surface area contributed by atoms with Gasteiger partial charge in [0, 0.05) is 33.7 Å². The van der Waals surface area contributed by atoms with E-state index in [1.165, 1.54) is 19.4 Å². The highest BCUT2D eigenvalue weighted by Crippen LogP contribution is 2.16. The Labute approximate surface area is 114 Å². The maximum absolute atomic E-state index is 4.40. The Morgan fingerprint density at radius 1 is 1.26 bits per heavy atom. The van der Waals surface area contributed by atoms with Crippen molar-refractivity contribution in [3.05, 3.63) is 0 Å². The average Bonchev–Trinajstić information content (AvgIpc) is 2.81. The zero-order chi connectivity index (χ0) is 13.8. The predicted octanol–water partition coefficient (Wildman–Crippen LogP) is 0.485. The zero-order valence-corrected chi connectivity index (χ0v) is 12.1. The summed E-state index contributed by atoms with van der Waals surface area (Å²) in [5.74, 6) is 1.87. The number of nitrogens with one attached hydrogen (secondary N) is 2. The number of rotatable bonds is 5. The molecule has 19 heavy (non-hydrogen) atoms. The molecule has 0 amide bonds. The fraction of sp³-hybridized carbons (Fsp3) is 0.750. The third-order valence-corrected chi connectivity index (χ3v) is 3.41. The summed E-state index contributed by atoms with van der Waals surface area (Å²) in [6, 6.07) is 0.567. The van der Waals surface area contributed by atoms with Crippen molar-refractivity contribution in [2.24, 2.45) is 0 Å². The highest BCUT2D eigenvalue weighted by Gasteiger charge is 2.20. The summed E-state index contributed by atoms with van der Waals surface area (Å²) in [6.45, 7) is 2.05. The maximum atomic E-state index is 4.40. The molecule has 1 aliphatic rings. The molecule has 1 fully saturated rings. The third-order valence-electron chi connectivity index (χ3n) is 3.41. The van der Waals surface area contributed by atoms with Gasteiger partial charge in [0.2, 0.25) is 17.8 Å². The van der Waals surface area contributed by atoms with Gasteiger partial charge in [-0.1, -0.05) is 0 Å². The SMILES string of the molecule is CNc1nc(NCC2CCCN2C)nc(N(C)C)n1. The summed E-state index contributed by atoms with van der Waals surface area (Å²) >= 11 is 0. The molecule has 1 saturated heterocycles. The van der Waals surface area contributed by atoms with E-state index in [9.17, 15) is 0 Å². The van der Waals surface area contributed by atoms with Crippen LogP contribution in [0, 0.1) is 0 Å². The van der Waals surface area contributed by atoms with Crippen LogP contribution in [-0.2, 0) is 0 Å². The summed E-state index contributed by atoms with van der Waals surface area (Å²) < 4.78 is 0. The fourth-order valence-corrected chi connectivity index (χ4v) is 2.20. The molecular formula is C12H23N7. The van der Waals surface area contributed by atoms with Crippen LogP contribution >= 0.6 is 0 Å². The van der Waals surface area contributed by atoms with E-state index in [1.54, 1.807) is 0 Å². The van der Waals surface area contributed by atoms with E-state index in [4.69, 9.17) is 0 Å². The number of likely N-dealkylation sites (tertiary alicyclic amines) is 1. The highest BCUT2D eigenvalue weighted by molar-refractivity contribution is 5.42. The number of likely N-dealkylation sites (N-methyl/N-ethyl adjacent to an activating group) is 1. The van der Waals surface area contributed by atoms with Crippen molar-refractivity contribution in [1.82, 2.24) is 19.9 Å². The number of aromatic nitrogens is 3. The molecule has 0 spiro atoms. The molecule has 1 atom stereocenters. The first kappa shape index (κ1) is 13.8. The maximum Gasteiger partial charge on any atom is 0.231 e. The molecule has 1 unspecified atom stereocenters. The van der Waals surface area contributed by atoms with Crippen molar-refractivity contribution in [3.63, 3.8) is 0 Å². The largest absolute Gasteiger partial charge is 0.357 e. The molecule has 2 rings (SSSR count). The molecule has 0 aromatic carbocycles. The Morgan fingerprint density at radius 2 is 2.00 bits per heavy atom. The summed E-state index contributed by atoms with van der Waals surface area (Å²) in [6.07, 6.45) is 2.50. The van der Waals surface area contributed by atoms with Gasteiger partial charge < -0.3 is 20.4 Å². The normalized spacial score (nSPS) is 19.5. The van der Waals surface area contributed by atoms with Crippen LogP contribution in [0.3, 0.4) is 0 Å². The van der Waals surface area contributed by atoms with Gasteiger partial charge in [-0.3, -0.25) is 0 Å². The molecule has 7 nitrogen and oxygen atoms in total. The average molecular weight is 265 g/mol. The summed E-state index contributed by atoms with van der Waals surface area (Å²) in [5, 5.41) is 6.28. The second kappa shape index (κ2) is 6.01. The molecule has 1 aromatic heterocycles. The monoisotopic (exact) mass is 265 g/mol. The van der Waals surface area contributed by atoms with Crippen LogP contribution in [0.5, 0.6) is 0 Å². The van der Waals surface area contributed by atoms with Crippen molar-refractivity contribution >= 4 is 17.8 Å². The van der Waals surface area contributed by atoms with E-state index in [0.29, 0.717) is 23.9 Å². The molecule has 0 bridgehead atoms. The molecule has 106 valence electrons. The van der Waals surface area contributed by atoms with E-state index >= 15 is 0 Å². The Hall–Kier alpha value is -1.63. The van der Waals surface area contributed by atoms with Gasteiger partial charge in [0.15, 0.2) is 0 Å². The van der Waals surface area contributed by atoms with E-state index in [2.05, 4.69) is 37.5 Å². The van der Waals surface area contributed by atoms with Crippen molar-refractivity contribution < 1.29 is 0 Å². The van der Waals surface area contributed by atoms with Gasteiger partial charge >= 0.3 is 0 Å². The molecule has 1 aliphatic heterocycles. The van der Waals surface area contributed by atoms with Crippen molar-refractivity contribution in [3.8, 4) is 0 Å². The van der Waals surface area contributed by atoms with Crippen molar-refractivity contribution in [1.29, 1.82) is 0 Å². The van der Waals surface area contributed by atoms with Gasteiger partial charge in [0.1, 0.15) is 0 Å². The summed E-state index contributed by atoms with van der Waals surface area (Å²) in [4.78, 5) is 17.3. The Kier molecular flexibility index (Phi) is 4.36. The first-order valence-electron chi connectivity index (χ1n) is 6.65. The van der Waals surface area contributed by atoms with Gasteiger partial charge in [0.05, 0.1) is 0 Å². The molecule has 7 heteroatoms. The van der Waals surface area contributed by atoms with Crippen LogP contribution in [0.15, 0.2) is 0 Å². The van der Waals surface area contributed by atoms with Crippen LogP contribution in [0.1, 0.15) is 12.8 Å². The summed E-state index contributed by atoms with van der Waals surface area (Å²) in [5.41, 5.74) is 0. The van der Waals surface area contributed by atoms with Gasteiger partial charge in [-0.2, -0.15) is 15.0 Å². The number of hydrogen-bond acceptors (Lipinski definition) is 7. The lowest BCUT2D eigenvalue weighted by Crippen LogP contribution is -2.32. The number of anilines is 3. The van der Waals surface area contributed by atoms with Crippen LogP contribution in [0.4, 0.5) is 17.8 Å². The van der Waals surface area contributed by atoms with Crippen LogP contribution in [-0.4, -0.2) is 67.2 Å². The molecular weight excluding hydrogens is 242 g/mol. The number of hydrogen-bond donors (Lipinski definition) is 2. The van der Waals surface area contributed by atoms with Crippen LogP contribution < -0.4 is 15.5 Å². The van der Waals surface area contributed by atoms with E-state index in [0.717, 1.165) is 6.54 Å². The molecule has 0 radical (unpaired) electrons. The second-order valence-electron chi connectivity index (χ2n) is 5.08.